The Labute approximate surface area is 154 Å². The van der Waals surface area contributed by atoms with Crippen LogP contribution in [0.5, 0.6) is 0 Å². The Balaban J connectivity index is 1.56. The van der Waals surface area contributed by atoms with E-state index in [0.717, 1.165) is 28.1 Å². The van der Waals surface area contributed by atoms with Crippen molar-refractivity contribution in [3.8, 4) is 0 Å². The van der Waals surface area contributed by atoms with Gasteiger partial charge in [-0.05, 0) is 36.6 Å². The molecular formula is C22H24N2O2. The van der Waals surface area contributed by atoms with E-state index in [2.05, 4.69) is 5.32 Å². The lowest BCUT2D eigenvalue weighted by molar-refractivity contribution is -0.116. The van der Waals surface area contributed by atoms with Gasteiger partial charge in [0.15, 0.2) is 0 Å². The Morgan fingerprint density at radius 3 is 2.54 bits per heavy atom. The Morgan fingerprint density at radius 1 is 1.08 bits per heavy atom. The first-order valence-electron chi connectivity index (χ1n) is 8.77. The van der Waals surface area contributed by atoms with Crippen LogP contribution in [0, 0.1) is 13.8 Å². The van der Waals surface area contributed by atoms with Gasteiger partial charge in [-0.15, -0.1) is 0 Å². The second kappa shape index (κ2) is 8.39. The summed E-state index contributed by atoms with van der Waals surface area (Å²) in [7, 11) is 0. The number of para-hydroxylation sites is 1. The van der Waals surface area contributed by atoms with Crippen molar-refractivity contribution in [3.63, 3.8) is 0 Å². The molecule has 4 nitrogen and oxygen atoms in total. The van der Waals surface area contributed by atoms with E-state index >= 15 is 0 Å². The van der Waals surface area contributed by atoms with E-state index in [1.54, 1.807) is 0 Å². The molecular weight excluding hydrogens is 324 g/mol. The molecule has 0 unspecified atom stereocenters. The standard InChI is InChI=1S/C22H24N2O2/c1-17-8-6-9-18(2)22(17)23-21(25)15-24-13-7-12-20(14-24)26-16-19-10-4-3-5-11-19/h3-12,14H,13,15-16H2,1-2H3,(H,23,25). The molecule has 2 aromatic carbocycles. The predicted molar refractivity (Wildman–Crippen MR) is 105 cm³/mol. The predicted octanol–water partition coefficient (Wildman–Crippen LogP) is 4.17. The minimum absolute atomic E-state index is 0.0311. The number of hydrogen-bond acceptors (Lipinski definition) is 3. The zero-order chi connectivity index (χ0) is 18.4. The molecule has 1 aliphatic heterocycles. The Hall–Kier alpha value is -3.01. The van der Waals surface area contributed by atoms with Crippen molar-refractivity contribution >= 4 is 11.6 Å². The lowest BCUT2D eigenvalue weighted by atomic mass is 10.1. The summed E-state index contributed by atoms with van der Waals surface area (Å²) in [6.45, 7) is 5.50. The fourth-order valence-corrected chi connectivity index (χ4v) is 2.89. The van der Waals surface area contributed by atoms with Crippen LogP contribution >= 0.6 is 0 Å². The van der Waals surface area contributed by atoms with Crippen LogP contribution in [0.1, 0.15) is 16.7 Å². The molecule has 26 heavy (non-hydrogen) atoms. The minimum atomic E-state index is -0.0311. The molecule has 4 heteroatoms. The maximum atomic E-state index is 12.4. The van der Waals surface area contributed by atoms with E-state index in [9.17, 15) is 4.79 Å². The summed E-state index contributed by atoms with van der Waals surface area (Å²) in [4.78, 5) is 14.4. The molecule has 2 aromatic rings. The van der Waals surface area contributed by atoms with Crippen LogP contribution in [0.25, 0.3) is 0 Å². The number of aryl methyl sites for hydroxylation is 2. The number of carbonyl (C=O) groups is 1. The molecule has 0 aromatic heterocycles. The van der Waals surface area contributed by atoms with Gasteiger partial charge in [-0.3, -0.25) is 4.79 Å². The van der Waals surface area contributed by atoms with Crippen molar-refractivity contribution in [2.75, 3.05) is 18.4 Å². The Morgan fingerprint density at radius 2 is 1.81 bits per heavy atom. The van der Waals surface area contributed by atoms with E-state index in [1.807, 2.05) is 85.6 Å². The fourth-order valence-electron chi connectivity index (χ4n) is 2.89. The van der Waals surface area contributed by atoms with E-state index in [1.165, 1.54) is 0 Å². The molecule has 0 aliphatic carbocycles. The second-order valence-corrected chi connectivity index (χ2v) is 6.45. The summed E-state index contributed by atoms with van der Waals surface area (Å²) in [5, 5.41) is 3.02. The lowest BCUT2D eigenvalue weighted by Crippen LogP contribution is -2.31. The molecule has 1 N–H and O–H groups in total. The molecule has 1 aliphatic rings. The molecule has 0 saturated carbocycles. The number of nitrogens with one attached hydrogen (secondary N) is 1. The highest BCUT2D eigenvalue weighted by molar-refractivity contribution is 5.93. The van der Waals surface area contributed by atoms with Crippen molar-refractivity contribution < 1.29 is 9.53 Å². The first-order valence-corrected chi connectivity index (χ1v) is 8.77. The van der Waals surface area contributed by atoms with Crippen molar-refractivity contribution in [1.29, 1.82) is 0 Å². The zero-order valence-electron chi connectivity index (χ0n) is 15.2. The SMILES string of the molecule is Cc1cccc(C)c1NC(=O)CN1C=C(OCc2ccccc2)C=CC1. The number of nitrogens with zero attached hydrogens (tertiary/aromatic N) is 1. The van der Waals surface area contributed by atoms with E-state index < -0.39 is 0 Å². The van der Waals surface area contributed by atoms with Crippen molar-refractivity contribution in [2.45, 2.75) is 20.5 Å². The van der Waals surface area contributed by atoms with Gasteiger partial charge in [-0.25, -0.2) is 0 Å². The summed E-state index contributed by atoms with van der Waals surface area (Å²) in [5.41, 5.74) is 4.15. The number of benzene rings is 2. The molecule has 134 valence electrons. The summed E-state index contributed by atoms with van der Waals surface area (Å²) < 4.78 is 5.84. The summed E-state index contributed by atoms with van der Waals surface area (Å²) in [6, 6.07) is 16.0. The van der Waals surface area contributed by atoms with Gasteiger partial charge in [-0.1, -0.05) is 54.6 Å². The van der Waals surface area contributed by atoms with Crippen LogP contribution in [0.3, 0.4) is 0 Å². The Kier molecular flexibility index (Phi) is 5.74. The highest BCUT2D eigenvalue weighted by Crippen LogP contribution is 2.19. The van der Waals surface area contributed by atoms with Crippen LogP contribution in [-0.4, -0.2) is 23.9 Å². The van der Waals surface area contributed by atoms with Crippen molar-refractivity contribution in [2.24, 2.45) is 0 Å². The van der Waals surface area contributed by atoms with Crippen molar-refractivity contribution in [3.05, 3.63) is 89.3 Å². The Bertz CT molecular complexity index is 805. The quantitative estimate of drug-likeness (QED) is 0.852. The van der Waals surface area contributed by atoms with Gasteiger partial charge in [0.1, 0.15) is 12.4 Å². The van der Waals surface area contributed by atoms with Crippen LogP contribution in [0.2, 0.25) is 0 Å². The van der Waals surface area contributed by atoms with Crippen LogP contribution in [-0.2, 0) is 16.1 Å². The van der Waals surface area contributed by atoms with Crippen LogP contribution in [0.4, 0.5) is 5.69 Å². The van der Waals surface area contributed by atoms with Crippen molar-refractivity contribution in [1.82, 2.24) is 4.90 Å². The van der Waals surface area contributed by atoms with Crippen LogP contribution < -0.4 is 5.32 Å². The number of hydrogen-bond donors (Lipinski definition) is 1. The first-order chi connectivity index (χ1) is 12.6. The van der Waals surface area contributed by atoms with Crippen LogP contribution in [0.15, 0.2) is 72.6 Å². The molecule has 0 spiro atoms. The molecule has 1 heterocycles. The van der Waals surface area contributed by atoms with Gasteiger partial charge >= 0.3 is 0 Å². The van der Waals surface area contributed by atoms with E-state index in [0.29, 0.717) is 13.2 Å². The monoisotopic (exact) mass is 348 g/mol. The maximum absolute atomic E-state index is 12.4. The number of rotatable bonds is 6. The average molecular weight is 348 g/mol. The number of ether oxygens (including phenoxy) is 1. The van der Waals surface area contributed by atoms with Gasteiger partial charge in [0, 0.05) is 18.4 Å². The third-order valence-corrected chi connectivity index (χ3v) is 4.27. The molecule has 0 bridgehead atoms. The first kappa shape index (κ1) is 17.8. The van der Waals surface area contributed by atoms with Gasteiger partial charge in [0.25, 0.3) is 0 Å². The lowest BCUT2D eigenvalue weighted by Gasteiger charge is -2.23. The van der Waals surface area contributed by atoms with E-state index in [4.69, 9.17) is 4.74 Å². The highest BCUT2D eigenvalue weighted by atomic mass is 16.5. The molecule has 0 radical (unpaired) electrons. The third kappa shape index (κ3) is 4.76. The largest absolute Gasteiger partial charge is 0.487 e. The topological polar surface area (TPSA) is 41.6 Å². The third-order valence-electron chi connectivity index (χ3n) is 4.27. The molecule has 1 amide bonds. The van der Waals surface area contributed by atoms with Gasteiger partial charge in [0.2, 0.25) is 5.91 Å². The summed E-state index contributed by atoms with van der Waals surface area (Å²) in [6.07, 6.45) is 5.85. The smallest absolute Gasteiger partial charge is 0.243 e. The maximum Gasteiger partial charge on any atom is 0.243 e. The highest BCUT2D eigenvalue weighted by Gasteiger charge is 2.13. The van der Waals surface area contributed by atoms with E-state index in [-0.39, 0.29) is 12.5 Å². The second-order valence-electron chi connectivity index (χ2n) is 6.45. The summed E-state index contributed by atoms with van der Waals surface area (Å²) >= 11 is 0. The normalized spacial score (nSPS) is 13.3. The van der Waals surface area contributed by atoms with Gasteiger partial charge in [-0.2, -0.15) is 0 Å². The fraction of sp³-hybridized carbons (Fsp3) is 0.227. The molecule has 0 atom stereocenters. The number of anilines is 1. The summed E-state index contributed by atoms with van der Waals surface area (Å²) in [5.74, 6) is 0.733. The molecule has 0 fully saturated rings. The average Bonchev–Trinajstić information content (AvgIpc) is 2.64. The zero-order valence-corrected chi connectivity index (χ0v) is 15.2. The molecule has 0 saturated heterocycles. The minimum Gasteiger partial charge on any atom is -0.487 e. The number of allylic oxidation sites excluding steroid dienone is 1. The van der Waals surface area contributed by atoms with Gasteiger partial charge in [0.05, 0.1) is 6.54 Å². The number of carbonyl (C=O) groups excluding carboxylic acids is 1. The number of amides is 1. The van der Waals surface area contributed by atoms with Gasteiger partial charge < -0.3 is 15.0 Å². The molecule has 3 rings (SSSR count).